The molecule has 0 aliphatic carbocycles. The lowest BCUT2D eigenvalue weighted by Gasteiger charge is -2.28. The van der Waals surface area contributed by atoms with Gasteiger partial charge in [-0.25, -0.2) is 0 Å². The number of hydrogen-bond donors (Lipinski definition) is 0. The largest absolute Gasteiger partial charge is 0.756 e. The van der Waals surface area contributed by atoms with Crippen molar-refractivity contribution in [1.82, 2.24) is 0 Å². The predicted molar refractivity (Wildman–Crippen MR) is 296 cm³/mol. The van der Waals surface area contributed by atoms with Crippen LogP contribution < -0.4 is 4.89 Å². The van der Waals surface area contributed by atoms with Crippen molar-refractivity contribution in [3.63, 3.8) is 0 Å². The molecule has 0 spiro atoms. The number of ether oxygens (including phenoxy) is 2. The fourth-order valence-electron chi connectivity index (χ4n) is 9.44. The minimum absolute atomic E-state index is 0.0321. The minimum Gasteiger partial charge on any atom is -0.756 e. The van der Waals surface area contributed by atoms with Gasteiger partial charge in [0.1, 0.15) is 19.3 Å². The number of unbranched alkanes of at least 4 members (excludes halogenated alkanes) is 45. The maximum absolute atomic E-state index is 12.8. The second-order valence-corrected chi connectivity index (χ2v) is 23.8. The summed E-state index contributed by atoms with van der Waals surface area (Å²) in [5.41, 5.74) is 0. The van der Waals surface area contributed by atoms with E-state index in [1.54, 1.807) is 0 Å². The van der Waals surface area contributed by atoms with E-state index >= 15 is 0 Å². The third kappa shape index (κ3) is 58.3. The van der Waals surface area contributed by atoms with E-state index in [0.29, 0.717) is 24.1 Å². The fraction of sp³-hybridized carbons (Fsp3) is 0.983. The SMILES string of the molecule is CCCCCCCCCCCCCCCCCCCCCCCCCCCCOCC(COP(=O)([O-])OCC[N+](C)(C)C)OC(=O)CCCCCCCCCCCCCCCCCCCCCCC. The highest BCUT2D eigenvalue weighted by Crippen LogP contribution is 2.38. The van der Waals surface area contributed by atoms with E-state index in [4.69, 9.17) is 18.5 Å². The third-order valence-electron chi connectivity index (χ3n) is 14.2. The van der Waals surface area contributed by atoms with Gasteiger partial charge in [0.25, 0.3) is 7.82 Å². The number of carbonyl (C=O) groups excluding carboxylic acids is 1. The summed E-state index contributed by atoms with van der Waals surface area (Å²) in [6.45, 7) is 5.52. The van der Waals surface area contributed by atoms with Crippen LogP contribution in [0.2, 0.25) is 0 Å². The van der Waals surface area contributed by atoms with Crippen molar-refractivity contribution in [3.05, 3.63) is 0 Å². The van der Waals surface area contributed by atoms with Crippen molar-refractivity contribution in [2.24, 2.45) is 0 Å². The van der Waals surface area contributed by atoms with Crippen LogP contribution in [-0.2, 0) is 27.9 Å². The molecule has 0 saturated carbocycles. The van der Waals surface area contributed by atoms with Gasteiger partial charge in [0.2, 0.25) is 0 Å². The molecule has 0 aromatic carbocycles. The van der Waals surface area contributed by atoms with Crippen LogP contribution in [0, 0.1) is 0 Å². The number of phosphoric ester groups is 1. The monoisotopic (exact) mass is 1000 g/mol. The van der Waals surface area contributed by atoms with Gasteiger partial charge in [0.15, 0.2) is 0 Å². The Balaban J connectivity index is 3.96. The average Bonchev–Trinajstić information content (AvgIpc) is 3.31. The van der Waals surface area contributed by atoms with Crippen LogP contribution in [0.15, 0.2) is 0 Å². The first-order valence-electron chi connectivity index (χ1n) is 30.8. The highest BCUT2D eigenvalue weighted by molar-refractivity contribution is 7.45. The van der Waals surface area contributed by atoms with Crippen LogP contribution in [0.3, 0.4) is 0 Å². The summed E-state index contributed by atoms with van der Waals surface area (Å²) in [7, 11) is 1.38. The molecule has 0 N–H and O–H groups in total. The quantitative estimate of drug-likeness (QED) is 0.0259. The molecule has 8 nitrogen and oxygen atoms in total. The number of nitrogens with zero attached hydrogens (tertiary/aromatic N) is 1. The Hall–Kier alpha value is -0.500. The van der Waals surface area contributed by atoms with Crippen LogP contribution in [-0.4, -0.2) is 70.7 Å². The first-order valence-corrected chi connectivity index (χ1v) is 32.2. The van der Waals surface area contributed by atoms with Gasteiger partial charge in [-0.2, -0.15) is 0 Å². The van der Waals surface area contributed by atoms with Crippen LogP contribution in [0.5, 0.6) is 0 Å². The molecule has 0 fully saturated rings. The summed E-state index contributed by atoms with van der Waals surface area (Å²) in [6.07, 6.45) is 63.0. The normalized spacial score (nSPS) is 13.3. The highest BCUT2D eigenvalue weighted by atomic mass is 31.2. The van der Waals surface area contributed by atoms with E-state index in [1.807, 2.05) is 21.1 Å². The molecular formula is C60H122NO7P. The Labute approximate surface area is 431 Å². The third-order valence-corrected chi connectivity index (χ3v) is 15.1. The zero-order valence-corrected chi connectivity index (χ0v) is 48.2. The number of hydrogen-bond acceptors (Lipinski definition) is 7. The number of quaternary nitrogens is 1. The van der Waals surface area contributed by atoms with Crippen molar-refractivity contribution in [2.45, 2.75) is 328 Å². The second kappa shape index (κ2) is 53.8. The van der Waals surface area contributed by atoms with Gasteiger partial charge in [-0.3, -0.25) is 9.36 Å². The smallest absolute Gasteiger partial charge is 0.306 e. The molecule has 0 heterocycles. The van der Waals surface area contributed by atoms with Crippen LogP contribution >= 0.6 is 7.82 Å². The molecule has 0 aromatic rings. The lowest BCUT2D eigenvalue weighted by molar-refractivity contribution is -0.870. The molecular weight excluding hydrogens is 878 g/mol. The van der Waals surface area contributed by atoms with Crippen molar-refractivity contribution >= 4 is 13.8 Å². The Morgan fingerprint density at radius 1 is 0.391 bits per heavy atom. The first kappa shape index (κ1) is 68.5. The molecule has 9 heteroatoms. The van der Waals surface area contributed by atoms with Gasteiger partial charge < -0.3 is 27.9 Å². The number of rotatable bonds is 59. The summed E-state index contributed by atoms with van der Waals surface area (Å²) < 4.78 is 34.9. The molecule has 0 rings (SSSR count). The summed E-state index contributed by atoms with van der Waals surface area (Å²) in [5.74, 6) is -0.322. The summed E-state index contributed by atoms with van der Waals surface area (Å²) in [6, 6.07) is 0. The fourth-order valence-corrected chi connectivity index (χ4v) is 10.2. The van der Waals surface area contributed by atoms with Crippen molar-refractivity contribution in [2.75, 3.05) is 54.1 Å². The van der Waals surface area contributed by atoms with E-state index in [-0.39, 0.29) is 25.8 Å². The standard InChI is InChI=1S/C60H122NO7P/c1-6-8-10-12-14-16-18-20-22-24-26-28-29-30-31-32-34-36-38-40-42-44-46-48-50-52-55-65-57-59(58-67-69(63,64)66-56-54-61(3,4)5)68-60(62)53-51-49-47-45-43-41-39-37-35-33-27-25-23-21-19-17-15-13-11-9-7-2/h59H,6-58H2,1-5H3. The van der Waals surface area contributed by atoms with Crippen LogP contribution in [0.1, 0.15) is 322 Å². The number of phosphoric acid groups is 1. The van der Waals surface area contributed by atoms with Crippen molar-refractivity contribution in [3.8, 4) is 0 Å². The van der Waals surface area contributed by atoms with Gasteiger partial charge in [-0.05, 0) is 12.8 Å². The lowest BCUT2D eigenvalue weighted by atomic mass is 10.0. The highest BCUT2D eigenvalue weighted by Gasteiger charge is 2.20. The van der Waals surface area contributed by atoms with E-state index in [1.165, 1.54) is 270 Å². The summed E-state index contributed by atoms with van der Waals surface area (Å²) >= 11 is 0. The molecule has 0 aliphatic rings. The lowest BCUT2D eigenvalue weighted by Crippen LogP contribution is -2.37. The van der Waals surface area contributed by atoms with E-state index in [2.05, 4.69) is 13.8 Å². The maximum atomic E-state index is 12.8. The average molecular weight is 1000 g/mol. The molecule has 0 saturated heterocycles. The number of carbonyl (C=O) groups is 1. The Morgan fingerprint density at radius 3 is 0.957 bits per heavy atom. The topological polar surface area (TPSA) is 94.1 Å². The molecule has 69 heavy (non-hydrogen) atoms. The van der Waals surface area contributed by atoms with Crippen molar-refractivity contribution in [1.29, 1.82) is 0 Å². The summed E-state index contributed by atoms with van der Waals surface area (Å²) in [5, 5.41) is 0. The van der Waals surface area contributed by atoms with E-state index in [0.717, 1.165) is 32.1 Å². The van der Waals surface area contributed by atoms with Gasteiger partial charge in [0.05, 0.1) is 34.4 Å². The van der Waals surface area contributed by atoms with E-state index < -0.39 is 13.9 Å². The predicted octanol–water partition coefficient (Wildman–Crippen LogP) is 18.9. The van der Waals surface area contributed by atoms with Gasteiger partial charge >= 0.3 is 5.97 Å². The molecule has 2 atom stereocenters. The van der Waals surface area contributed by atoms with Crippen molar-refractivity contribution < 1.29 is 37.3 Å². The number of esters is 1. The molecule has 0 bridgehead atoms. The maximum Gasteiger partial charge on any atom is 0.306 e. The zero-order valence-electron chi connectivity index (χ0n) is 47.3. The van der Waals surface area contributed by atoms with E-state index in [9.17, 15) is 14.3 Å². The van der Waals surface area contributed by atoms with Crippen LogP contribution in [0.4, 0.5) is 0 Å². The minimum atomic E-state index is -4.53. The molecule has 0 amide bonds. The molecule has 2 unspecified atom stereocenters. The Kier molecular flexibility index (Phi) is 53.4. The van der Waals surface area contributed by atoms with Gasteiger partial charge in [-0.15, -0.1) is 0 Å². The molecule has 0 radical (unpaired) electrons. The summed E-state index contributed by atoms with van der Waals surface area (Å²) in [4.78, 5) is 25.3. The van der Waals surface area contributed by atoms with Gasteiger partial charge in [0, 0.05) is 13.0 Å². The zero-order chi connectivity index (χ0) is 50.5. The molecule has 0 aliphatic heterocycles. The molecule has 414 valence electrons. The number of likely N-dealkylation sites (N-methyl/N-ethyl adjacent to an activating group) is 1. The molecule has 0 aromatic heterocycles. The Bertz CT molecular complexity index is 1070. The van der Waals surface area contributed by atoms with Crippen LogP contribution in [0.25, 0.3) is 0 Å². The van der Waals surface area contributed by atoms with Gasteiger partial charge in [-0.1, -0.05) is 303 Å². The Morgan fingerprint density at radius 2 is 0.667 bits per heavy atom. The second-order valence-electron chi connectivity index (χ2n) is 22.4. The first-order chi connectivity index (χ1) is 33.6.